The summed E-state index contributed by atoms with van der Waals surface area (Å²) in [6.07, 6.45) is 1.85. The van der Waals surface area contributed by atoms with Gasteiger partial charge in [0.05, 0.1) is 6.42 Å². The third-order valence-electron chi connectivity index (χ3n) is 3.96. The van der Waals surface area contributed by atoms with E-state index in [1.165, 1.54) is 5.56 Å². The zero-order valence-corrected chi connectivity index (χ0v) is 11.8. The molecule has 1 aliphatic heterocycles. The highest BCUT2D eigenvalue weighted by Crippen LogP contribution is 2.36. The summed E-state index contributed by atoms with van der Waals surface area (Å²) >= 11 is 0. The van der Waals surface area contributed by atoms with Crippen molar-refractivity contribution in [3.63, 3.8) is 0 Å². The van der Waals surface area contributed by atoms with E-state index in [0.29, 0.717) is 18.6 Å². The summed E-state index contributed by atoms with van der Waals surface area (Å²) in [6, 6.07) is 15.8. The minimum absolute atomic E-state index is 0.139. The van der Waals surface area contributed by atoms with Crippen molar-refractivity contribution >= 4 is 5.97 Å². The van der Waals surface area contributed by atoms with Crippen LogP contribution in [0.1, 0.15) is 29.0 Å². The Morgan fingerprint density at radius 3 is 2.57 bits per heavy atom. The summed E-state index contributed by atoms with van der Waals surface area (Å²) in [5.41, 5.74) is 3.44. The van der Waals surface area contributed by atoms with Crippen LogP contribution in [-0.2, 0) is 17.6 Å². The van der Waals surface area contributed by atoms with Gasteiger partial charge in [0.15, 0.2) is 0 Å². The maximum Gasteiger partial charge on any atom is 0.311 e. The fraction of sp³-hybridized carbons (Fsp3) is 0.278. The Morgan fingerprint density at radius 1 is 1.05 bits per heavy atom. The van der Waals surface area contributed by atoms with Crippen LogP contribution in [0, 0.1) is 0 Å². The first-order valence-corrected chi connectivity index (χ1v) is 7.25. The summed E-state index contributed by atoms with van der Waals surface area (Å²) in [4.78, 5) is 11.8. The third kappa shape index (κ3) is 2.98. The van der Waals surface area contributed by atoms with Gasteiger partial charge in [0.1, 0.15) is 5.75 Å². The van der Waals surface area contributed by atoms with E-state index in [1.54, 1.807) is 0 Å². The summed E-state index contributed by atoms with van der Waals surface area (Å²) in [5.74, 6) is 0.652. The van der Waals surface area contributed by atoms with E-state index in [4.69, 9.17) is 4.74 Å². The van der Waals surface area contributed by atoms with Crippen LogP contribution in [0.4, 0.5) is 0 Å². The van der Waals surface area contributed by atoms with Crippen LogP contribution < -0.4 is 4.74 Å². The van der Waals surface area contributed by atoms with Gasteiger partial charge in [-0.25, -0.2) is 0 Å². The van der Waals surface area contributed by atoms with E-state index in [0.717, 1.165) is 17.5 Å². The molecule has 1 atom stereocenters. The van der Waals surface area contributed by atoms with Gasteiger partial charge in [-0.05, 0) is 35.6 Å². The second-order valence-electron chi connectivity index (χ2n) is 5.36. The van der Waals surface area contributed by atoms with Crippen LogP contribution >= 0.6 is 0 Å². The molecule has 1 unspecified atom stereocenters. The molecule has 3 heteroatoms. The van der Waals surface area contributed by atoms with Crippen molar-refractivity contribution in [3.8, 4) is 5.75 Å². The molecule has 0 amide bonds. The molecular weight excluding hydrogens is 264 g/mol. The number of esters is 1. The standard InChI is InChI=1S/C18H18O3/c19-10-9-13-5-1-2-6-14(13)11-15-12-18(20)21-17-8-4-3-7-16(15)17/h1-8,15,19H,9-12H2. The van der Waals surface area contributed by atoms with E-state index < -0.39 is 0 Å². The smallest absolute Gasteiger partial charge is 0.311 e. The molecule has 0 saturated carbocycles. The lowest BCUT2D eigenvalue weighted by Crippen LogP contribution is -2.21. The molecule has 21 heavy (non-hydrogen) atoms. The zero-order valence-electron chi connectivity index (χ0n) is 11.8. The van der Waals surface area contributed by atoms with Crippen molar-refractivity contribution in [1.82, 2.24) is 0 Å². The number of para-hydroxylation sites is 1. The monoisotopic (exact) mass is 282 g/mol. The fourth-order valence-corrected chi connectivity index (χ4v) is 2.95. The van der Waals surface area contributed by atoms with Crippen LogP contribution in [0.2, 0.25) is 0 Å². The topological polar surface area (TPSA) is 46.5 Å². The maximum absolute atomic E-state index is 11.8. The quantitative estimate of drug-likeness (QED) is 0.693. The first-order valence-electron chi connectivity index (χ1n) is 7.25. The van der Waals surface area contributed by atoms with E-state index in [-0.39, 0.29) is 18.5 Å². The number of hydrogen-bond donors (Lipinski definition) is 1. The molecule has 0 aliphatic carbocycles. The molecule has 1 heterocycles. The molecule has 0 aromatic heterocycles. The Morgan fingerprint density at radius 2 is 1.76 bits per heavy atom. The zero-order chi connectivity index (χ0) is 14.7. The van der Waals surface area contributed by atoms with Gasteiger partial charge in [-0.2, -0.15) is 0 Å². The molecule has 3 nitrogen and oxygen atoms in total. The third-order valence-corrected chi connectivity index (χ3v) is 3.96. The van der Waals surface area contributed by atoms with Gasteiger partial charge in [0, 0.05) is 12.5 Å². The van der Waals surface area contributed by atoms with Gasteiger partial charge in [-0.15, -0.1) is 0 Å². The van der Waals surface area contributed by atoms with Crippen molar-refractivity contribution in [1.29, 1.82) is 0 Å². The molecule has 0 saturated heterocycles. The van der Waals surface area contributed by atoms with Crippen molar-refractivity contribution in [2.75, 3.05) is 6.61 Å². The summed E-state index contributed by atoms with van der Waals surface area (Å²) < 4.78 is 5.30. The van der Waals surface area contributed by atoms with Crippen LogP contribution in [-0.4, -0.2) is 17.7 Å². The second kappa shape index (κ2) is 6.10. The number of aliphatic hydroxyl groups excluding tert-OH is 1. The Balaban J connectivity index is 1.90. The van der Waals surface area contributed by atoms with Crippen molar-refractivity contribution in [3.05, 3.63) is 65.2 Å². The number of ether oxygens (including phenoxy) is 1. The molecule has 1 N–H and O–H groups in total. The lowest BCUT2D eigenvalue weighted by Gasteiger charge is -2.25. The largest absolute Gasteiger partial charge is 0.426 e. The number of rotatable bonds is 4. The molecule has 0 radical (unpaired) electrons. The van der Waals surface area contributed by atoms with Crippen molar-refractivity contribution in [2.24, 2.45) is 0 Å². The van der Waals surface area contributed by atoms with E-state index in [2.05, 4.69) is 6.07 Å². The van der Waals surface area contributed by atoms with Crippen LogP contribution in [0.3, 0.4) is 0 Å². The Labute approximate surface area is 124 Å². The Bertz CT molecular complexity index is 648. The number of carbonyl (C=O) groups excluding carboxylic acids is 1. The second-order valence-corrected chi connectivity index (χ2v) is 5.36. The van der Waals surface area contributed by atoms with Gasteiger partial charge in [-0.1, -0.05) is 42.5 Å². The van der Waals surface area contributed by atoms with Gasteiger partial charge in [0.25, 0.3) is 0 Å². The normalized spacial score (nSPS) is 17.2. The van der Waals surface area contributed by atoms with Crippen molar-refractivity contribution in [2.45, 2.75) is 25.2 Å². The van der Waals surface area contributed by atoms with E-state index >= 15 is 0 Å². The number of aliphatic hydroxyl groups is 1. The first kappa shape index (κ1) is 13.8. The average molecular weight is 282 g/mol. The highest BCUT2D eigenvalue weighted by Gasteiger charge is 2.27. The molecule has 0 fully saturated rings. The lowest BCUT2D eigenvalue weighted by atomic mass is 9.85. The fourth-order valence-electron chi connectivity index (χ4n) is 2.95. The molecule has 108 valence electrons. The van der Waals surface area contributed by atoms with Gasteiger partial charge >= 0.3 is 5.97 Å². The van der Waals surface area contributed by atoms with E-state index in [9.17, 15) is 9.90 Å². The molecule has 1 aliphatic rings. The van der Waals surface area contributed by atoms with Gasteiger partial charge < -0.3 is 9.84 Å². The maximum atomic E-state index is 11.8. The highest BCUT2D eigenvalue weighted by molar-refractivity contribution is 5.76. The lowest BCUT2D eigenvalue weighted by molar-refractivity contribution is -0.135. The van der Waals surface area contributed by atoms with Crippen LogP contribution in [0.15, 0.2) is 48.5 Å². The van der Waals surface area contributed by atoms with Crippen LogP contribution in [0.5, 0.6) is 5.75 Å². The van der Waals surface area contributed by atoms with Gasteiger partial charge in [-0.3, -0.25) is 4.79 Å². The number of benzene rings is 2. The summed E-state index contributed by atoms with van der Waals surface area (Å²) in [7, 11) is 0. The summed E-state index contributed by atoms with van der Waals surface area (Å²) in [5, 5.41) is 9.18. The number of fused-ring (bicyclic) bond motifs is 1. The Kier molecular flexibility index (Phi) is 4.02. The van der Waals surface area contributed by atoms with Crippen LogP contribution in [0.25, 0.3) is 0 Å². The van der Waals surface area contributed by atoms with Crippen molar-refractivity contribution < 1.29 is 14.6 Å². The molecule has 2 aromatic rings. The molecule has 2 aromatic carbocycles. The number of carbonyl (C=O) groups is 1. The molecule has 0 spiro atoms. The molecular formula is C18H18O3. The predicted molar refractivity (Wildman–Crippen MR) is 80.4 cm³/mol. The minimum Gasteiger partial charge on any atom is -0.426 e. The molecule has 3 rings (SSSR count). The average Bonchev–Trinajstić information content (AvgIpc) is 2.49. The predicted octanol–water partition coefficient (Wildman–Crippen LogP) is 2.86. The highest BCUT2D eigenvalue weighted by atomic mass is 16.5. The number of hydrogen-bond acceptors (Lipinski definition) is 3. The minimum atomic E-state index is -0.168. The molecule has 0 bridgehead atoms. The first-order chi connectivity index (χ1) is 10.3. The van der Waals surface area contributed by atoms with E-state index in [1.807, 2.05) is 42.5 Å². The SMILES string of the molecule is O=C1CC(Cc2ccccc2CCO)c2ccccc2O1. The summed E-state index contributed by atoms with van der Waals surface area (Å²) in [6.45, 7) is 0.139. The van der Waals surface area contributed by atoms with Gasteiger partial charge in [0.2, 0.25) is 0 Å². The Hall–Kier alpha value is -2.13.